The summed E-state index contributed by atoms with van der Waals surface area (Å²) < 4.78 is 0. The standard InChI is InChI=1S/C17H32N2O2/c1-4-14-8-6-5-7-11-19(14)15-9-10-17(12-15,16(20)21)18-13(2)3/h13-15,18H,4-12H2,1-3H3,(H,20,21). The molecule has 1 aliphatic heterocycles. The summed E-state index contributed by atoms with van der Waals surface area (Å²) in [7, 11) is 0. The number of carboxylic acid groups (broad SMARTS) is 1. The Morgan fingerprint density at radius 2 is 2.10 bits per heavy atom. The van der Waals surface area contributed by atoms with Gasteiger partial charge in [-0.15, -0.1) is 0 Å². The number of nitrogens with one attached hydrogen (secondary N) is 1. The Balaban J connectivity index is 2.09. The number of nitrogens with zero attached hydrogens (tertiary/aromatic N) is 1. The van der Waals surface area contributed by atoms with Gasteiger partial charge in [0.05, 0.1) is 0 Å². The minimum atomic E-state index is -0.705. The van der Waals surface area contributed by atoms with Crippen molar-refractivity contribution in [3.05, 3.63) is 0 Å². The average molecular weight is 296 g/mol. The summed E-state index contributed by atoms with van der Waals surface area (Å²) in [5.41, 5.74) is -0.705. The van der Waals surface area contributed by atoms with Crippen LogP contribution in [0.2, 0.25) is 0 Å². The van der Waals surface area contributed by atoms with Crippen LogP contribution in [-0.2, 0) is 4.79 Å². The molecule has 3 atom stereocenters. The molecule has 1 saturated heterocycles. The summed E-state index contributed by atoms with van der Waals surface area (Å²) in [4.78, 5) is 14.5. The molecule has 1 heterocycles. The molecular weight excluding hydrogens is 264 g/mol. The average Bonchev–Trinajstić information content (AvgIpc) is 2.70. The van der Waals surface area contributed by atoms with E-state index in [9.17, 15) is 9.90 Å². The van der Waals surface area contributed by atoms with Crippen LogP contribution < -0.4 is 5.32 Å². The van der Waals surface area contributed by atoms with Crippen LogP contribution >= 0.6 is 0 Å². The second-order valence-electron chi connectivity index (χ2n) is 7.23. The van der Waals surface area contributed by atoms with E-state index in [-0.39, 0.29) is 6.04 Å². The molecule has 0 aromatic rings. The molecule has 1 saturated carbocycles. The Bertz CT molecular complexity index is 359. The number of hydrogen-bond acceptors (Lipinski definition) is 3. The molecule has 2 fully saturated rings. The van der Waals surface area contributed by atoms with E-state index in [0.29, 0.717) is 12.1 Å². The predicted octanol–water partition coefficient (Wildman–Crippen LogP) is 3.01. The summed E-state index contributed by atoms with van der Waals surface area (Å²) in [5, 5.41) is 13.1. The fourth-order valence-electron chi connectivity index (χ4n) is 4.36. The van der Waals surface area contributed by atoms with E-state index < -0.39 is 11.5 Å². The zero-order valence-electron chi connectivity index (χ0n) is 13.9. The molecule has 0 spiro atoms. The van der Waals surface area contributed by atoms with Crippen molar-refractivity contribution in [2.45, 2.75) is 95.8 Å². The lowest BCUT2D eigenvalue weighted by Gasteiger charge is -2.36. The van der Waals surface area contributed by atoms with Crippen LogP contribution in [0.5, 0.6) is 0 Å². The molecule has 1 aliphatic carbocycles. The van der Waals surface area contributed by atoms with Gasteiger partial charge in [-0.05, 0) is 58.9 Å². The SMILES string of the molecule is CCC1CCCCCN1C1CCC(NC(C)C)(C(=O)O)C1. The largest absolute Gasteiger partial charge is 0.480 e. The maximum absolute atomic E-state index is 11.8. The van der Waals surface area contributed by atoms with E-state index in [2.05, 4.69) is 17.1 Å². The number of aliphatic carboxylic acids is 1. The molecule has 0 aromatic carbocycles. The zero-order valence-corrected chi connectivity index (χ0v) is 13.9. The van der Waals surface area contributed by atoms with E-state index in [1.54, 1.807) is 0 Å². The van der Waals surface area contributed by atoms with Gasteiger partial charge in [0.25, 0.3) is 0 Å². The van der Waals surface area contributed by atoms with E-state index in [1.165, 1.54) is 32.1 Å². The lowest BCUT2D eigenvalue weighted by molar-refractivity contribution is -0.145. The highest BCUT2D eigenvalue weighted by Crippen LogP contribution is 2.36. The minimum Gasteiger partial charge on any atom is -0.480 e. The Kier molecular flexibility index (Phi) is 5.67. The van der Waals surface area contributed by atoms with Gasteiger partial charge in [0.1, 0.15) is 5.54 Å². The van der Waals surface area contributed by atoms with E-state index in [4.69, 9.17) is 0 Å². The van der Waals surface area contributed by atoms with Crippen molar-refractivity contribution in [2.75, 3.05) is 6.54 Å². The molecule has 2 aliphatic rings. The van der Waals surface area contributed by atoms with E-state index >= 15 is 0 Å². The van der Waals surface area contributed by atoms with Gasteiger partial charge in [-0.1, -0.05) is 19.8 Å². The monoisotopic (exact) mass is 296 g/mol. The van der Waals surface area contributed by atoms with Crippen molar-refractivity contribution < 1.29 is 9.90 Å². The van der Waals surface area contributed by atoms with Crippen molar-refractivity contribution in [1.29, 1.82) is 0 Å². The quantitative estimate of drug-likeness (QED) is 0.819. The number of rotatable bonds is 5. The maximum atomic E-state index is 11.8. The smallest absolute Gasteiger partial charge is 0.323 e. The Morgan fingerprint density at radius 1 is 1.33 bits per heavy atom. The molecule has 4 nitrogen and oxygen atoms in total. The number of hydrogen-bond donors (Lipinski definition) is 2. The summed E-state index contributed by atoms with van der Waals surface area (Å²) in [5.74, 6) is -0.665. The second-order valence-corrected chi connectivity index (χ2v) is 7.23. The third kappa shape index (κ3) is 3.78. The highest BCUT2D eigenvalue weighted by molar-refractivity contribution is 5.79. The Labute approximate surface area is 129 Å². The highest BCUT2D eigenvalue weighted by Gasteiger charge is 2.48. The summed E-state index contributed by atoms with van der Waals surface area (Å²) >= 11 is 0. The first kappa shape index (κ1) is 16.8. The molecule has 0 aromatic heterocycles. The number of likely N-dealkylation sites (tertiary alicyclic amines) is 1. The summed E-state index contributed by atoms with van der Waals surface area (Å²) in [6.45, 7) is 7.51. The van der Waals surface area contributed by atoms with Gasteiger partial charge in [0.15, 0.2) is 0 Å². The fourth-order valence-corrected chi connectivity index (χ4v) is 4.36. The van der Waals surface area contributed by atoms with Crippen LogP contribution in [0, 0.1) is 0 Å². The predicted molar refractivity (Wildman–Crippen MR) is 85.5 cm³/mol. The Hall–Kier alpha value is -0.610. The van der Waals surface area contributed by atoms with Crippen LogP contribution in [0.15, 0.2) is 0 Å². The minimum absolute atomic E-state index is 0.214. The molecule has 4 heteroatoms. The maximum Gasteiger partial charge on any atom is 0.323 e. The van der Waals surface area contributed by atoms with Crippen LogP contribution in [0.4, 0.5) is 0 Å². The van der Waals surface area contributed by atoms with Crippen LogP contribution in [0.3, 0.4) is 0 Å². The van der Waals surface area contributed by atoms with Gasteiger partial charge in [-0.2, -0.15) is 0 Å². The van der Waals surface area contributed by atoms with Crippen LogP contribution in [-0.4, -0.2) is 46.2 Å². The first-order valence-electron chi connectivity index (χ1n) is 8.75. The van der Waals surface area contributed by atoms with Gasteiger partial charge >= 0.3 is 5.97 Å². The van der Waals surface area contributed by atoms with Crippen molar-refractivity contribution in [1.82, 2.24) is 10.2 Å². The van der Waals surface area contributed by atoms with Gasteiger partial charge in [-0.25, -0.2) is 0 Å². The van der Waals surface area contributed by atoms with Crippen molar-refractivity contribution in [2.24, 2.45) is 0 Å². The van der Waals surface area contributed by atoms with Gasteiger partial charge in [0, 0.05) is 18.1 Å². The van der Waals surface area contributed by atoms with Gasteiger partial charge in [-0.3, -0.25) is 15.0 Å². The third-order valence-electron chi connectivity index (χ3n) is 5.33. The van der Waals surface area contributed by atoms with E-state index in [1.807, 2.05) is 13.8 Å². The topological polar surface area (TPSA) is 52.6 Å². The first-order valence-corrected chi connectivity index (χ1v) is 8.75. The van der Waals surface area contributed by atoms with Crippen LogP contribution in [0.1, 0.15) is 72.1 Å². The molecule has 21 heavy (non-hydrogen) atoms. The van der Waals surface area contributed by atoms with E-state index in [0.717, 1.165) is 25.8 Å². The normalized spacial score (nSPS) is 35.0. The first-order chi connectivity index (χ1) is 9.98. The van der Waals surface area contributed by atoms with Crippen molar-refractivity contribution in [3.63, 3.8) is 0 Å². The zero-order chi connectivity index (χ0) is 15.5. The van der Waals surface area contributed by atoms with Gasteiger partial charge < -0.3 is 5.11 Å². The molecule has 2 N–H and O–H groups in total. The lowest BCUT2D eigenvalue weighted by Crippen LogP contribution is -2.54. The van der Waals surface area contributed by atoms with Gasteiger partial charge in [0.2, 0.25) is 0 Å². The Morgan fingerprint density at radius 3 is 2.71 bits per heavy atom. The van der Waals surface area contributed by atoms with Crippen LogP contribution in [0.25, 0.3) is 0 Å². The number of carbonyl (C=O) groups is 1. The molecule has 122 valence electrons. The summed E-state index contributed by atoms with van der Waals surface area (Å²) in [6, 6.07) is 1.31. The molecular formula is C17H32N2O2. The number of carboxylic acids is 1. The van der Waals surface area contributed by atoms with Crippen molar-refractivity contribution >= 4 is 5.97 Å². The second kappa shape index (κ2) is 7.10. The lowest BCUT2D eigenvalue weighted by atomic mass is 9.95. The molecule has 3 unspecified atom stereocenters. The highest BCUT2D eigenvalue weighted by atomic mass is 16.4. The molecule has 0 bridgehead atoms. The molecule has 2 rings (SSSR count). The molecule has 0 radical (unpaired) electrons. The fraction of sp³-hybridized carbons (Fsp3) is 0.941. The third-order valence-corrected chi connectivity index (χ3v) is 5.33. The molecule has 0 amide bonds. The summed E-state index contributed by atoms with van der Waals surface area (Å²) in [6.07, 6.45) is 8.94. The van der Waals surface area contributed by atoms with Crippen molar-refractivity contribution in [3.8, 4) is 0 Å².